The van der Waals surface area contributed by atoms with Gasteiger partial charge < -0.3 is 14.8 Å². The van der Waals surface area contributed by atoms with E-state index < -0.39 is 0 Å². The molecule has 1 aliphatic rings. The second-order valence-electron chi connectivity index (χ2n) is 6.33. The van der Waals surface area contributed by atoms with Crippen molar-refractivity contribution < 1.29 is 14.3 Å². The van der Waals surface area contributed by atoms with Gasteiger partial charge in [0.15, 0.2) is 0 Å². The molecule has 138 valence electrons. The monoisotopic (exact) mass is 355 g/mol. The molecule has 0 saturated carbocycles. The van der Waals surface area contributed by atoms with Crippen LogP contribution in [0.4, 0.5) is 0 Å². The molecule has 0 aliphatic carbocycles. The number of likely N-dealkylation sites (tertiary alicyclic amines) is 1. The first-order chi connectivity index (χ1) is 12.7. The van der Waals surface area contributed by atoms with Gasteiger partial charge in [-0.25, -0.2) is 0 Å². The molecule has 6 heteroatoms. The Morgan fingerprint density at radius 2 is 2.15 bits per heavy atom. The van der Waals surface area contributed by atoms with Crippen LogP contribution in [0, 0.1) is 0 Å². The predicted molar refractivity (Wildman–Crippen MR) is 99.2 cm³/mol. The maximum atomic E-state index is 12.4. The molecule has 0 bridgehead atoms. The number of amides is 1. The minimum absolute atomic E-state index is 0.00409. The average molecular weight is 355 g/mol. The van der Waals surface area contributed by atoms with E-state index in [1.807, 2.05) is 36.4 Å². The van der Waals surface area contributed by atoms with Gasteiger partial charge in [-0.05, 0) is 49.7 Å². The van der Waals surface area contributed by atoms with Gasteiger partial charge in [0, 0.05) is 17.8 Å². The van der Waals surface area contributed by atoms with Crippen molar-refractivity contribution in [2.24, 2.45) is 0 Å². The largest absolute Gasteiger partial charge is 0.497 e. The Hall–Kier alpha value is -2.60. The molecule has 1 fully saturated rings. The number of nitrogens with zero attached hydrogens (tertiary/aromatic N) is 2. The van der Waals surface area contributed by atoms with Gasteiger partial charge in [0.2, 0.25) is 5.91 Å². The van der Waals surface area contributed by atoms with Crippen molar-refractivity contribution in [1.82, 2.24) is 15.2 Å². The van der Waals surface area contributed by atoms with E-state index in [0.717, 1.165) is 42.1 Å². The fraction of sp³-hybridized carbons (Fsp3) is 0.400. The Kier molecular flexibility index (Phi) is 6.07. The van der Waals surface area contributed by atoms with Crippen LogP contribution in [-0.2, 0) is 11.3 Å². The molecule has 6 nitrogen and oxygen atoms in total. The van der Waals surface area contributed by atoms with E-state index in [0.29, 0.717) is 13.1 Å². The van der Waals surface area contributed by atoms with E-state index in [9.17, 15) is 4.79 Å². The van der Waals surface area contributed by atoms with Gasteiger partial charge in [-0.1, -0.05) is 6.07 Å². The first-order valence-electron chi connectivity index (χ1n) is 8.84. The fourth-order valence-electron chi connectivity index (χ4n) is 3.40. The molecule has 26 heavy (non-hydrogen) atoms. The number of ether oxygens (including phenoxy) is 2. The second-order valence-corrected chi connectivity index (χ2v) is 6.33. The summed E-state index contributed by atoms with van der Waals surface area (Å²) in [6, 6.07) is 11.7. The Labute approximate surface area is 154 Å². The summed E-state index contributed by atoms with van der Waals surface area (Å²) in [5.74, 6) is 1.63. The van der Waals surface area contributed by atoms with Gasteiger partial charge in [-0.15, -0.1) is 0 Å². The number of nitrogens with one attached hydrogen (secondary N) is 1. The summed E-state index contributed by atoms with van der Waals surface area (Å²) >= 11 is 0. The molecule has 1 unspecified atom stereocenters. The first kappa shape index (κ1) is 18.2. The van der Waals surface area contributed by atoms with E-state index in [1.165, 1.54) is 0 Å². The second kappa shape index (κ2) is 8.67. The van der Waals surface area contributed by atoms with E-state index in [2.05, 4.69) is 15.2 Å². The number of rotatable bonds is 7. The summed E-state index contributed by atoms with van der Waals surface area (Å²) in [5, 5.41) is 2.95. The highest BCUT2D eigenvalue weighted by Crippen LogP contribution is 2.38. The molecule has 2 heterocycles. The molecule has 1 amide bonds. The molecule has 1 aromatic heterocycles. The van der Waals surface area contributed by atoms with Crippen LogP contribution in [0.5, 0.6) is 11.5 Å². The lowest BCUT2D eigenvalue weighted by Crippen LogP contribution is -2.36. The molecule has 1 N–H and O–H groups in total. The summed E-state index contributed by atoms with van der Waals surface area (Å²) in [6.45, 7) is 1.70. The molecule has 0 radical (unpaired) electrons. The standard InChI is InChI=1S/C20H25N3O3/c1-25-16-8-9-19(26-2)17(12-16)18-7-5-11-23(18)14-20(24)22-13-15-6-3-4-10-21-15/h3-4,6,8-10,12,18H,5,7,11,13-14H2,1-2H3,(H,22,24). The van der Waals surface area contributed by atoms with Gasteiger partial charge in [0.25, 0.3) is 0 Å². The van der Waals surface area contributed by atoms with E-state index in [1.54, 1.807) is 20.4 Å². The minimum Gasteiger partial charge on any atom is -0.497 e. The van der Waals surface area contributed by atoms with Gasteiger partial charge in [-0.3, -0.25) is 14.7 Å². The topological polar surface area (TPSA) is 63.7 Å². The molecule has 1 aliphatic heterocycles. The first-order valence-corrected chi connectivity index (χ1v) is 8.84. The van der Waals surface area contributed by atoms with Gasteiger partial charge in [0.05, 0.1) is 33.0 Å². The molecule has 0 spiro atoms. The van der Waals surface area contributed by atoms with Crippen molar-refractivity contribution in [1.29, 1.82) is 0 Å². The van der Waals surface area contributed by atoms with Crippen molar-refractivity contribution in [2.75, 3.05) is 27.3 Å². The fourth-order valence-corrected chi connectivity index (χ4v) is 3.40. The van der Waals surface area contributed by atoms with Gasteiger partial charge in [-0.2, -0.15) is 0 Å². The van der Waals surface area contributed by atoms with Gasteiger partial charge in [0.1, 0.15) is 11.5 Å². The van der Waals surface area contributed by atoms with Crippen LogP contribution in [-0.4, -0.2) is 43.1 Å². The number of benzene rings is 1. The zero-order valence-electron chi connectivity index (χ0n) is 15.3. The van der Waals surface area contributed by atoms with Crippen molar-refractivity contribution in [2.45, 2.75) is 25.4 Å². The minimum atomic E-state index is 0.00409. The summed E-state index contributed by atoms with van der Waals surface area (Å²) in [7, 11) is 3.33. The van der Waals surface area contributed by atoms with E-state index >= 15 is 0 Å². The zero-order chi connectivity index (χ0) is 18.4. The smallest absolute Gasteiger partial charge is 0.234 e. The number of pyridine rings is 1. The molecule has 1 aromatic carbocycles. The van der Waals surface area contributed by atoms with Crippen molar-refractivity contribution in [3.63, 3.8) is 0 Å². The van der Waals surface area contributed by atoms with E-state index in [4.69, 9.17) is 9.47 Å². The lowest BCUT2D eigenvalue weighted by Gasteiger charge is -2.26. The maximum absolute atomic E-state index is 12.4. The molecule has 1 saturated heterocycles. The number of hydrogen-bond donors (Lipinski definition) is 1. The Morgan fingerprint density at radius 3 is 2.88 bits per heavy atom. The summed E-state index contributed by atoms with van der Waals surface area (Å²) in [5.41, 5.74) is 1.93. The Balaban J connectivity index is 1.65. The highest BCUT2D eigenvalue weighted by Gasteiger charge is 2.30. The lowest BCUT2D eigenvalue weighted by molar-refractivity contribution is -0.122. The number of hydrogen-bond acceptors (Lipinski definition) is 5. The maximum Gasteiger partial charge on any atom is 0.234 e. The quantitative estimate of drug-likeness (QED) is 0.827. The van der Waals surface area contributed by atoms with Crippen molar-refractivity contribution >= 4 is 5.91 Å². The number of methoxy groups -OCH3 is 2. The summed E-state index contributed by atoms with van der Waals surface area (Å²) < 4.78 is 10.9. The van der Waals surface area contributed by atoms with Crippen LogP contribution < -0.4 is 14.8 Å². The normalized spacial score (nSPS) is 17.1. The zero-order valence-corrected chi connectivity index (χ0v) is 15.3. The summed E-state index contributed by atoms with van der Waals surface area (Å²) in [4.78, 5) is 18.8. The third-order valence-electron chi connectivity index (χ3n) is 4.70. The highest BCUT2D eigenvalue weighted by molar-refractivity contribution is 5.78. The summed E-state index contributed by atoms with van der Waals surface area (Å²) in [6.07, 6.45) is 3.78. The Bertz CT molecular complexity index is 736. The van der Waals surface area contributed by atoms with Crippen LogP contribution in [0.15, 0.2) is 42.6 Å². The average Bonchev–Trinajstić information content (AvgIpc) is 3.14. The molecule has 2 aromatic rings. The molecular weight excluding hydrogens is 330 g/mol. The number of aromatic nitrogens is 1. The molecule has 1 atom stereocenters. The molecular formula is C20H25N3O3. The van der Waals surface area contributed by atoms with Crippen molar-refractivity contribution in [3.05, 3.63) is 53.9 Å². The van der Waals surface area contributed by atoms with Crippen LogP contribution in [0.2, 0.25) is 0 Å². The van der Waals surface area contributed by atoms with Crippen LogP contribution in [0.25, 0.3) is 0 Å². The SMILES string of the molecule is COc1ccc(OC)c(C2CCCN2CC(=O)NCc2ccccn2)c1. The van der Waals surface area contributed by atoms with Crippen LogP contribution >= 0.6 is 0 Å². The highest BCUT2D eigenvalue weighted by atomic mass is 16.5. The predicted octanol–water partition coefficient (Wildman–Crippen LogP) is 2.55. The molecule has 3 rings (SSSR count). The van der Waals surface area contributed by atoms with Crippen molar-refractivity contribution in [3.8, 4) is 11.5 Å². The number of carbonyl (C=O) groups is 1. The third-order valence-corrected chi connectivity index (χ3v) is 4.70. The Morgan fingerprint density at radius 1 is 1.27 bits per heavy atom. The van der Waals surface area contributed by atoms with E-state index in [-0.39, 0.29) is 11.9 Å². The van der Waals surface area contributed by atoms with Crippen LogP contribution in [0.3, 0.4) is 0 Å². The van der Waals surface area contributed by atoms with Gasteiger partial charge >= 0.3 is 0 Å². The van der Waals surface area contributed by atoms with Crippen LogP contribution in [0.1, 0.15) is 30.1 Å². The number of carbonyl (C=O) groups excluding carboxylic acids is 1. The third kappa shape index (κ3) is 4.32. The lowest BCUT2D eigenvalue weighted by atomic mass is 10.0.